The van der Waals surface area contributed by atoms with Gasteiger partial charge in [0, 0.05) is 29.3 Å². The number of thiazole rings is 1. The predicted octanol–water partition coefficient (Wildman–Crippen LogP) is 1.94. The average Bonchev–Trinajstić information content (AvgIpc) is 3.15. The van der Waals surface area contributed by atoms with E-state index in [4.69, 9.17) is 0 Å². The molecule has 1 fully saturated rings. The van der Waals surface area contributed by atoms with E-state index >= 15 is 0 Å². The first-order chi connectivity index (χ1) is 13.7. The normalized spacial score (nSPS) is 19.0. The third-order valence-electron chi connectivity index (χ3n) is 4.88. The monoisotopic (exact) mass is 413 g/mol. The predicted molar refractivity (Wildman–Crippen MR) is 104 cm³/mol. The number of carbonyl (C=O) groups is 2. The van der Waals surface area contributed by atoms with E-state index < -0.39 is 22.4 Å². The van der Waals surface area contributed by atoms with Crippen molar-refractivity contribution in [3.8, 4) is 0 Å². The molecule has 3 amide bonds. The molecule has 1 saturated heterocycles. The highest BCUT2D eigenvalue weighted by atomic mass is 32.1. The van der Waals surface area contributed by atoms with E-state index in [0.717, 1.165) is 10.6 Å². The molecule has 29 heavy (non-hydrogen) atoms. The summed E-state index contributed by atoms with van der Waals surface area (Å²) >= 11 is 1.29. The Balaban J connectivity index is 1.64. The number of nitro groups is 1. The van der Waals surface area contributed by atoms with Gasteiger partial charge in [0.1, 0.15) is 5.54 Å². The van der Waals surface area contributed by atoms with Crippen LogP contribution < -0.4 is 10.9 Å². The van der Waals surface area contributed by atoms with Gasteiger partial charge >= 0.3 is 6.03 Å². The number of nitrogens with zero attached hydrogens (tertiary/aromatic N) is 4. The fourth-order valence-corrected chi connectivity index (χ4v) is 4.19. The summed E-state index contributed by atoms with van der Waals surface area (Å²) in [7, 11) is 0. The van der Waals surface area contributed by atoms with Crippen LogP contribution in [0.15, 0.2) is 40.5 Å². The number of hydrogen-bond donors (Lipinski definition) is 1. The van der Waals surface area contributed by atoms with E-state index in [-0.39, 0.29) is 17.8 Å². The Labute approximate surface area is 167 Å². The SMILES string of the molecule is Cc1csc2nc(CN3C(=O)N[C@@](C)(c4ccc([N+](=O)[O-])cc4)C3=O)cc(=O)n12. The van der Waals surface area contributed by atoms with Crippen LogP contribution in [0.4, 0.5) is 10.5 Å². The Kier molecular flexibility index (Phi) is 4.19. The van der Waals surface area contributed by atoms with E-state index in [1.165, 1.54) is 53.0 Å². The van der Waals surface area contributed by atoms with Gasteiger partial charge in [-0.1, -0.05) is 0 Å². The standard InChI is InChI=1S/C18H15N5O5S/c1-10-9-29-17-19-12(7-14(24)22(10)17)8-21-15(25)18(2,20-16(21)26)11-3-5-13(6-4-11)23(27)28/h3-7,9H,8H2,1-2H3,(H,20,26)/t18-/m0/s1. The van der Waals surface area contributed by atoms with Crippen LogP contribution in [0.1, 0.15) is 23.9 Å². The Bertz CT molecular complexity index is 1230. The third-order valence-corrected chi connectivity index (χ3v) is 5.82. The second-order valence-electron chi connectivity index (χ2n) is 6.83. The molecule has 0 saturated carbocycles. The highest BCUT2D eigenvalue weighted by Gasteiger charge is 2.49. The second kappa shape index (κ2) is 6.48. The molecular weight excluding hydrogens is 398 g/mol. The third kappa shape index (κ3) is 2.95. The van der Waals surface area contributed by atoms with Crippen LogP contribution in [0.5, 0.6) is 0 Å². The van der Waals surface area contributed by atoms with Crippen molar-refractivity contribution in [3.05, 3.63) is 73.1 Å². The molecule has 0 radical (unpaired) electrons. The summed E-state index contributed by atoms with van der Waals surface area (Å²) in [5, 5.41) is 15.3. The van der Waals surface area contributed by atoms with Crippen LogP contribution in [0, 0.1) is 17.0 Å². The minimum Gasteiger partial charge on any atom is -0.319 e. The van der Waals surface area contributed by atoms with Gasteiger partial charge < -0.3 is 5.32 Å². The molecular formula is C18H15N5O5S. The first kappa shape index (κ1) is 18.7. The molecule has 1 aliphatic rings. The quantitative estimate of drug-likeness (QED) is 0.396. The molecule has 0 bridgehead atoms. The van der Waals surface area contributed by atoms with Crippen LogP contribution in [-0.4, -0.2) is 31.1 Å². The molecule has 3 aromatic rings. The fourth-order valence-electron chi connectivity index (χ4n) is 3.30. The molecule has 2 aromatic heterocycles. The van der Waals surface area contributed by atoms with Gasteiger partial charge in [-0.2, -0.15) is 0 Å². The van der Waals surface area contributed by atoms with Crippen molar-refractivity contribution in [2.24, 2.45) is 0 Å². The average molecular weight is 413 g/mol. The molecule has 0 spiro atoms. The molecule has 1 atom stereocenters. The summed E-state index contributed by atoms with van der Waals surface area (Å²) in [4.78, 5) is 54.0. The highest BCUT2D eigenvalue weighted by Crippen LogP contribution is 2.30. The molecule has 11 heteroatoms. The summed E-state index contributed by atoms with van der Waals surface area (Å²) in [6.45, 7) is 3.16. The number of carbonyl (C=O) groups excluding carboxylic acids is 2. The van der Waals surface area contributed by atoms with Crippen LogP contribution in [0.25, 0.3) is 4.96 Å². The largest absolute Gasteiger partial charge is 0.325 e. The lowest BCUT2D eigenvalue weighted by molar-refractivity contribution is -0.384. The maximum absolute atomic E-state index is 13.0. The first-order valence-corrected chi connectivity index (χ1v) is 9.44. The maximum Gasteiger partial charge on any atom is 0.325 e. The van der Waals surface area contributed by atoms with Crippen molar-refractivity contribution in [2.45, 2.75) is 25.9 Å². The van der Waals surface area contributed by atoms with Gasteiger partial charge in [0.05, 0.1) is 17.2 Å². The molecule has 0 aliphatic carbocycles. The van der Waals surface area contributed by atoms with E-state index in [0.29, 0.717) is 16.2 Å². The zero-order chi connectivity index (χ0) is 20.9. The van der Waals surface area contributed by atoms with Crippen molar-refractivity contribution in [1.29, 1.82) is 0 Å². The van der Waals surface area contributed by atoms with Gasteiger partial charge in [-0.3, -0.25) is 29.0 Å². The Morgan fingerprint density at radius 1 is 1.24 bits per heavy atom. The Morgan fingerprint density at radius 3 is 2.59 bits per heavy atom. The molecule has 1 aromatic carbocycles. The zero-order valence-electron chi connectivity index (χ0n) is 15.4. The van der Waals surface area contributed by atoms with Gasteiger partial charge in [0.25, 0.3) is 17.2 Å². The molecule has 1 aliphatic heterocycles. The van der Waals surface area contributed by atoms with Crippen molar-refractivity contribution < 1.29 is 14.5 Å². The lowest BCUT2D eigenvalue weighted by atomic mass is 9.92. The molecule has 4 rings (SSSR count). The molecule has 0 unspecified atom stereocenters. The summed E-state index contributed by atoms with van der Waals surface area (Å²) in [5.74, 6) is -0.527. The van der Waals surface area contributed by atoms with Gasteiger partial charge in [0.2, 0.25) is 0 Å². The molecule has 148 valence electrons. The smallest absolute Gasteiger partial charge is 0.319 e. The maximum atomic E-state index is 13.0. The molecule has 10 nitrogen and oxygen atoms in total. The zero-order valence-corrected chi connectivity index (χ0v) is 16.2. The van der Waals surface area contributed by atoms with Crippen molar-refractivity contribution >= 4 is 33.9 Å². The van der Waals surface area contributed by atoms with E-state index in [2.05, 4.69) is 10.3 Å². The number of urea groups is 1. The number of aryl methyl sites for hydroxylation is 1. The number of imide groups is 1. The summed E-state index contributed by atoms with van der Waals surface area (Å²) in [5.41, 5.74) is -0.293. The van der Waals surface area contributed by atoms with E-state index in [1.54, 1.807) is 12.3 Å². The number of fused-ring (bicyclic) bond motifs is 1. The van der Waals surface area contributed by atoms with Crippen molar-refractivity contribution in [3.63, 3.8) is 0 Å². The van der Waals surface area contributed by atoms with Crippen molar-refractivity contribution in [2.75, 3.05) is 0 Å². The number of amides is 3. The van der Waals surface area contributed by atoms with Crippen LogP contribution in [0.2, 0.25) is 0 Å². The number of aromatic nitrogens is 2. The fraction of sp³-hybridized carbons (Fsp3) is 0.222. The number of nitro benzene ring substituents is 1. The van der Waals surface area contributed by atoms with Crippen LogP contribution >= 0.6 is 11.3 Å². The Morgan fingerprint density at radius 2 is 1.93 bits per heavy atom. The first-order valence-electron chi connectivity index (χ1n) is 8.56. The number of benzene rings is 1. The number of non-ortho nitro benzene ring substituents is 1. The second-order valence-corrected chi connectivity index (χ2v) is 7.67. The van der Waals surface area contributed by atoms with Crippen LogP contribution in [-0.2, 0) is 16.9 Å². The van der Waals surface area contributed by atoms with Gasteiger partial charge in [-0.25, -0.2) is 9.78 Å². The van der Waals surface area contributed by atoms with E-state index in [9.17, 15) is 24.5 Å². The lowest BCUT2D eigenvalue weighted by Gasteiger charge is -2.22. The van der Waals surface area contributed by atoms with Crippen molar-refractivity contribution in [1.82, 2.24) is 19.6 Å². The summed E-state index contributed by atoms with van der Waals surface area (Å²) in [6.07, 6.45) is 0. The number of hydrogen-bond acceptors (Lipinski definition) is 7. The van der Waals surface area contributed by atoms with Gasteiger partial charge in [0.15, 0.2) is 4.96 Å². The number of nitrogens with one attached hydrogen (secondary N) is 1. The summed E-state index contributed by atoms with van der Waals surface area (Å²) < 4.78 is 1.46. The molecule has 3 heterocycles. The topological polar surface area (TPSA) is 127 Å². The minimum absolute atomic E-state index is 0.116. The number of rotatable bonds is 4. The Hall–Kier alpha value is -3.60. The van der Waals surface area contributed by atoms with E-state index in [1.807, 2.05) is 0 Å². The summed E-state index contributed by atoms with van der Waals surface area (Å²) in [6, 6.07) is 6.10. The highest BCUT2D eigenvalue weighted by molar-refractivity contribution is 7.15. The van der Waals surface area contributed by atoms with Gasteiger partial charge in [-0.15, -0.1) is 11.3 Å². The van der Waals surface area contributed by atoms with Gasteiger partial charge in [-0.05, 0) is 31.5 Å². The minimum atomic E-state index is -1.37. The van der Waals surface area contributed by atoms with Crippen LogP contribution in [0.3, 0.4) is 0 Å². The lowest BCUT2D eigenvalue weighted by Crippen LogP contribution is -2.40. The molecule has 1 N–H and O–H groups in total.